The first-order chi connectivity index (χ1) is 14.4. The number of pyridine rings is 1. The highest BCUT2D eigenvalue weighted by Crippen LogP contribution is 2.32. The van der Waals surface area contributed by atoms with Gasteiger partial charge in [-0.2, -0.15) is 18.3 Å². The Balaban J connectivity index is 1.38. The molecule has 0 aliphatic carbocycles. The van der Waals surface area contributed by atoms with Gasteiger partial charge in [-0.1, -0.05) is 24.3 Å². The lowest BCUT2D eigenvalue weighted by Crippen LogP contribution is -2.32. The number of piperidine rings is 1. The number of aromatic nitrogens is 3. The predicted molar refractivity (Wildman–Crippen MR) is 107 cm³/mol. The number of nitrogens with one attached hydrogen (secondary N) is 1. The van der Waals surface area contributed by atoms with Gasteiger partial charge >= 0.3 is 6.18 Å². The summed E-state index contributed by atoms with van der Waals surface area (Å²) in [4.78, 5) is 9.80. The van der Waals surface area contributed by atoms with Crippen molar-refractivity contribution in [3.05, 3.63) is 77.0 Å². The Morgan fingerprint density at radius 3 is 2.40 bits per heavy atom. The van der Waals surface area contributed by atoms with Crippen molar-refractivity contribution in [1.82, 2.24) is 20.1 Å². The van der Waals surface area contributed by atoms with Crippen LogP contribution in [0.15, 0.2) is 48.8 Å². The number of H-pyrrole nitrogens is 1. The molecule has 3 heterocycles. The maximum absolute atomic E-state index is 12.7. The molecule has 154 valence electrons. The molecule has 0 radical (unpaired) electrons. The maximum atomic E-state index is 12.7. The number of rotatable bonds is 4. The summed E-state index contributed by atoms with van der Waals surface area (Å²) in [5.74, 6) is 0.175. The second-order valence-electron chi connectivity index (χ2n) is 7.45. The molecule has 0 bridgehead atoms. The molecular formula is C22H20F3N5. The number of hydrogen-bond donors (Lipinski definition) is 1. The number of benzene rings is 1. The average molecular weight is 411 g/mol. The van der Waals surface area contributed by atoms with Crippen LogP contribution in [0.2, 0.25) is 0 Å². The molecule has 1 fully saturated rings. The Kier molecular flexibility index (Phi) is 5.55. The highest BCUT2D eigenvalue weighted by atomic mass is 19.4. The van der Waals surface area contributed by atoms with E-state index in [-0.39, 0.29) is 5.92 Å². The van der Waals surface area contributed by atoms with E-state index in [0.717, 1.165) is 67.3 Å². The monoisotopic (exact) mass is 411 g/mol. The van der Waals surface area contributed by atoms with E-state index in [0.29, 0.717) is 5.69 Å². The molecule has 0 amide bonds. The first-order valence-electron chi connectivity index (χ1n) is 9.69. The van der Waals surface area contributed by atoms with Crippen LogP contribution in [0.4, 0.5) is 18.9 Å². The van der Waals surface area contributed by atoms with Crippen molar-refractivity contribution in [3.8, 4) is 11.3 Å². The van der Waals surface area contributed by atoms with Crippen molar-refractivity contribution < 1.29 is 13.2 Å². The molecule has 30 heavy (non-hydrogen) atoms. The standard InChI is InChI=1S/C22H20F3N5/c1-26-19-5-2-16(3-6-19)21-17(12-28-29-21)14-30-10-8-15(9-11-30)20-7-4-18(13-27-20)22(23,24)25/h2-7,12-13,15H,8-11,14H2,(H,28,29). The zero-order valence-electron chi connectivity index (χ0n) is 16.2. The van der Waals surface area contributed by atoms with Gasteiger partial charge in [-0.05, 0) is 43.6 Å². The van der Waals surface area contributed by atoms with Crippen LogP contribution in [0.3, 0.4) is 0 Å². The van der Waals surface area contributed by atoms with Gasteiger partial charge in [0, 0.05) is 29.9 Å². The zero-order chi connectivity index (χ0) is 21.1. The first kappa shape index (κ1) is 20.1. The predicted octanol–water partition coefficient (Wildman–Crippen LogP) is 5.42. The Labute approximate surface area is 172 Å². The largest absolute Gasteiger partial charge is 0.417 e. The maximum Gasteiger partial charge on any atom is 0.417 e. The third-order valence-electron chi connectivity index (χ3n) is 5.52. The van der Waals surface area contributed by atoms with Gasteiger partial charge in [0.15, 0.2) is 5.69 Å². The summed E-state index contributed by atoms with van der Waals surface area (Å²) in [7, 11) is 0. The van der Waals surface area contributed by atoms with Gasteiger partial charge in [-0.15, -0.1) is 0 Å². The smallest absolute Gasteiger partial charge is 0.299 e. The second kappa shape index (κ2) is 8.28. The molecule has 4 rings (SSSR count). The van der Waals surface area contributed by atoms with E-state index in [1.807, 2.05) is 18.3 Å². The lowest BCUT2D eigenvalue weighted by Gasteiger charge is -2.31. The third-order valence-corrected chi connectivity index (χ3v) is 5.52. The lowest BCUT2D eigenvalue weighted by atomic mass is 9.92. The summed E-state index contributed by atoms with van der Waals surface area (Å²) in [6.45, 7) is 9.48. The number of alkyl halides is 3. The van der Waals surface area contributed by atoms with Crippen LogP contribution < -0.4 is 0 Å². The number of nitrogens with zero attached hydrogens (tertiary/aromatic N) is 4. The van der Waals surface area contributed by atoms with Crippen molar-refractivity contribution in [2.75, 3.05) is 13.1 Å². The van der Waals surface area contributed by atoms with E-state index in [4.69, 9.17) is 6.57 Å². The Bertz CT molecular complexity index is 1020. The first-order valence-corrected chi connectivity index (χ1v) is 9.69. The molecule has 1 saturated heterocycles. The van der Waals surface area contributed by atoms with E-state index in [1.54, 1.807) is 12.1 Å². The SMILES string of the molecule is [C-]#[N+]c1ccc(-c2[nH]ncc2CN2CCC(c3ccc(C(F)(F)F)cn3)CC2)cc1. The fourth-order valence-electron chi connectivity index (χ4n) is 3.83. The number of hydrogen-bond acceptors (Lipinski definition) is 3. The fourth-order valence-corrected chi connectivity index (χ4v) is 3.83. The normalized spacial score (nSPS) is 15.8. The van der Waals surface area contributed by atoms with Gasteiger partial charge in [0.25, 0.3) is 0 Å². The molecule has 1 aliphatic heterocycles. The molecule has 1 aromatic carbocycles. The summed E-state index contributed by atoms with van der Waals surface area (Å²) >= 11 is 0. The summed E-state index contributed by atoms with van der Waals surface area (Å²) < 4.78 is 38.2. The average Bonchev–Trinajstić information content (AvgIpc) is 3.22. The fraction of sp³-hybridized carbons (Fsp3) is 0.318. The van der Waals surface area contributed by atoms with Crippen molar-refractivity contribution >= 4 is 5.69 Å². The number of halogens is 3. The minimum Gasteiger partial charge on any atom is -0.299 e. The lowest BCUT2D eigenvalue weighted by molar-refractivity contribution is -0.137. The van der Waals surface area contributed by atoms with Crippen LogP contribution in [0.5, 0.6) is 0 Å². The Morgan fingerprint density at radius 1 is 1.07 bits per heavy atom. The van der Waals surface area contributed by atoms with Crippen molar-refractivity contribution in [2.45, 2.75) is 31.5 Å². The van der Waals surface area contributed by atoms with E-state index >= 15 is 0 Å². The Hall–Kier alpha value is -3.18. The van der Waals surface area contributed by atoms with Crippen molar-refractivity contribution in [1.29, 1.82) is 0 Å². The van der Waals surface area contributed by atoms with Gasteiger partial charge in [-0.25, -0.2) is 4.85 Å². The molecule has 0 spiro atoms. The Morgan fingerprint density at radius 2 is 1.80 bits per heavy atom. The molecule has 1 N–H and O–H groups in total. The van der Waals surface area contributed by atoms with Crippen LogP contribution >= 0.6 is 0 Å². The molecule has 5 nitrogen and oxygen atoms in total. The van der Waals surface area contributed by atoms with Gasteiger partial charge in [0.1, 0.15) is 0 Å². The molecule has 0 saturated carbocycles. The van der Waals surface area contributed by atoms with Crippen molar-refractivity contribution in [3.63, 3.8) is 0 Å². The second-order valence-corrected chi connectivity index (χ2v) is 7.45. The molecule has 3 aromatic rings. The molecule has 8 heteroatoms. The van der Waals surface area contributed by atoms with Crippen LogP contribution in [0.25, 0.3) is 16.1 Å². The minimum atomic E-state index is -4.35. The minimum absolute atomic E-state index is 0.175. The van der Waals surface area contributed by atoms with Crippen molar-refractivity contribution in [2.24, 2.45) is 0 Å². The third kappa shape index (κ3) is 4.36. The molecule has 2 aromatic heterocycles. The van der Waals surface area contributed by atoms with E-state index < -0.39 is 11.7 Å². The summed E-state index contributed by atoms with van der Waals surface area (Å²) in [5.41, 5.74) is 3.62. The quantitative estimate of drug-likeness (QED) is 0.583. The van der Waals surface area contributed by atoms with Crippen LogP contribution in [-0.4, -0.2) is 33.2 Å². The molecule has 0 atom stereocenters. The van der Waals surface area contributed by atoms with E-state index in [1.165, 1.54) is 6.07 Å². The van der Waals surface area contributed by atoms with Crippen LogP contribution in [0, 0.1) is 6.57 Å². The summed E-state index contributed by atoms with van der Waals surface area (Å²) in [5, 5.41) is 7.23. The molecule has 1 aliphatic rings. The van der Waals surface area contributed by atoms with Gasteiger partial charge in [-0.3, -0.25) is 15.0 Å². The topological polar surface area (TPSA) is 49.2 Å². The summed E-state index contributed by atoms with van der Waals surface area (Å²) in [6, 6.07) is 10.0. The molecule has 0 unspecified atom stereocenters. The number of aromatic amines is 1. The van der Waals surface area contributed by atoms with Gasteiger partial charge in [0.2, 0.25) is 0 Å². The highest BCUT2D eigenvalue weighted by molar-refractivity contribution is 5.65. The van der Waals surface area contributed by atoms with E-state index in [2.05, 4.69) is 24.9 Å². The summed E-state index contributed by atoms with van der Waals surface area (Å²) in [6.07, 6.45) is 0.102. The highest BCUT2D eigenvalue weighted by Gasteiger charge is 2.31. The van der Waals surface area contributed by atoms with Gasteiger partial charge in [0.05, 0.1) is 24.0 Å². The van der Waals surface area contributed by atoms with Crippen LogP contribution in [0.1, 0.15) is 35.6 Å². The number of likely N-dealkylation sites (tertiary alicyclic amines) is 1. The molecular weight excluding hydrogens is 391 g/mol. The van der Waals surface area contributed by atoms with Crippen LogP contribution in [-0.2, 0) is 12.7 Å². The van der Waals surface area contributed by atoms with E-state index in [9.17, 15) is 13.2 Å². The van der Waals surface area contributed by atoms with Gasteiger partial charge < -0.3 is 0 Å². The zero-order valence-corrected chi connectivity index (χ0v) is 16.2.